The van der Waals surface area contributed by atoms with E-state index in [2.05, 4.69) is 25.9 Å². The van der Waals surface area contributed by atoms with E-state index in [9.17, 15) is 9.90 Å². The minimum atomic E-state index is -0.765. The number of carbonyl (C=O) groups is 1. The highest BCUT2D eigenvalue weighted by atomic mass is 16.3. The van der Waals surface area contributed by atoms with Gasteiger partial charge in [-0.2, -0.15) is 0 Å². The van der Waals surface area contributed by atoms with Crippen molar-refractivity contribution in [2.75, 3.05) is 14.1 Å². The largest absolute Gasteiger partial charge is 0.389 e. The maximum absolute atomic E-state index is 12.7. The maximum atomic E-state index is 12.7. The van der Waals surface area contributed by atoms with Crippen molar-refractivity contribution in [3.63, 3.8) is 0 Å². The Labute approximate surface area is 115 Å². The highest BCUT2D eigenvalue weighted by Crippen LogP contribution is 2.61. The number of Topliss-reactive ketones (excluding diaryl/α,β-unsaturated/α-hetero) is 1. The Hall–Kier alpha value is -0.670. The van der Waals surface area contributed by atoms with Crippen LogP contribution >= 0.6 is 0 Å². The average molecular weight is 263 g/mol. The number of hydrogen-bond acceptors (Lipinski definition) is 3. The van der Waals surface area contributed by atoms with Crippen LogP contribution < -0.4 is 0 Å². The van der Waals surface area contributed by atoms with Crippen molar-refractivity contribution in [1.29, 1.82) is 0 Å². The van der Waals surface area contributed by atoms with Crippen LogP contribution in [0.2, 0.25) is 0 Å². The summed E-state index contributed by atoms with van der Waals surface area (Å²) in [7, 11) is 4.12. The number of hydrogen-bond donors (Lipinski definition) is 1. The fourth-order valence-electron chi connectivity index (χ4n) is 5.13. The van der Waals surface area contributed by atoms with Gasteiger partial charge >= 0.3 is 0 Å². The Morgan fingerprint density at radius 2 is 1.95 bits per heavy atom. The molecule has 0 aliphatic heterocycles. The molecular formula is C16H25NO2. The van der Waals surface area contributed by atoms with Gasteiger partial charge in [0, 0.05) is 0 Å². The van der Waals surface area contributed by atoms with Gasteiger partial charge in [0.2, 0.25) is 0 Å². The molecule has 0 spiro atoms. The molecule has 3 heteroatoms. The summed E-state index contributed by atoms with van der Waals surface area (Å²) >= 11 is 0. The molecule has 0 heterocycles. The lowest BCUT2D eigenvalue weighted by atomic mass is 9.71. The van der Waals surface area contributed by atoms with Crippen LogP contribution in [0.5, 0.6) is 0 Å². The SMILES string of the molecule is CC1=C(C)[C@]2(N(C)C)C[C@@H]3CCCC[C@]3(O)[C@@H]2C1=O. The molecule has 2 fully saturated rings. The Kier molecular flexibility index (Phi) is 2.75. The predicted octanol–water partition coefficient (Wildman–Crippen LogP) is 2.15. The lowest BCUT2D eigenvalue weighted by Gasteiger charge is -2.42. The Balaban J connectivity index is 2.16. The first-order valence-electron chi connectivity index (χ1n) is 7.47. The Morgan fingerprint density at radius 3 is 2.58 bits per heavy atom. The third-order valence-corrected chi connectivity index (χ3v) is 6.26. The third kappa shape index (κ3) is 1.38. The average Bonchev–Trinajstić information content (AvgIpc) is 2.75. The standard InChI is InChI=1S/C16H25NO2/c1-10-11(2)15(17(3)4)9-12-7-5-6-8-16(12,19)14(15)13(10)18/h12,14,19H,5-9H2,1-4H3/t12-,14+,15+,16+/m0/s1. The van der Waals surface area contributed by atoms with Crippen molar-refractivity contribution in [1.82, 2.24) is 4.90 Å². The van der Waals surface area contributed by atoms with Gasteiger partial charge in [-0.3, -0.25) is 9.69 Å². The number of likely N-dealkylation sites (N-methyl/N-ethyl adjacent to an activating group) is 1. The first kappa shape index (κ1) is 13.3. The number of rotatable bonds is 1. The van der Waals surface area contributed by atoms with E-state index in [0.717, 1.165) is 31.3 Å². The number of nitrogens with zero attached hydrogens (tertiary/aromatic N) is 1. The zero-order valence-electron chi connectivity index (χ0n) is 12.5. The molecule has 0 aromatic carbocycles. The van der Waals surface area contributed by atoms with Crippen LogP contribution in [0.15, 0.2) is 11.1 Å². The van der Waals surface area contributed by atoms with E-state index >= 15 is 0 Å². The van der Waals surface area contributed by atoms with Gasteiger partial charge in [0.25, 0.3) is 0 Å². The molecule has 1 N–H and O–H groups in total. The quantitative estimate of drug-likeness (QED) is 0.788. The molecule has 0 radical (unpaired) electrons. The molecule has 19 heavy (non-hydrogen) atoms. The highest BCUT2D eigenvalue weighted by molar-refractivity contribution is 6.03. The number of allylic oxidation sites excluding steroid dienone is 1. The van der Waals surface area contributed by atoms with Crippen LogP contribution in [0.4, 0.5) is 0 Å². The normalized spacial score (nSPS) is 45.9. The molecule has 0 aromatic rings. The van der Waals surface area contributed by atoms with Crippen molar-refractivity contribution in [3.05, 3.63) is 11.1 Å². The van der Waals surface area contributed by atoms with Gasteiger partial charge in [-0.05, 0) is 64.3 Å². The van der Waals surface area contributed by atoms with Crippen molar-refractivity contribution in [2.24, 2.45) is 11.8 Å². The smallest absolute Gasteiger partial charge is 0.166 e. The molecule has 0 bridgehead atoms. The third-order valence-electron chi connectivity index (χ3n) is 6.26. The number of fused-ring (bicyclic) bond motifs is 3. The Morgan fingerprint density at radius 1 is 1.26 bits per heavy atom. The molecule has 3 aliphatic rings. The van der Waals surface area contributed by atoms with Gasteiger partial charge in [0.1, 0.15) is 0 Å². The van der Waals surface area contributed by atoms with Crippen molar-refractivity contribution in [3.8, 4) is 0 Å². The molecule has 3 rings (SSSR count). The van der Waals surface area contributed by atoms with Gasteiger partial charge in [-0.15, -0.1) is 0 Å². The summed E-state index contributed by atoms with van der Waals surface area (Å²) in [6, 6.07) is 0. The van der Waals surface area contributed by atoms with E-state index in [1.807, 2.05) is 6.92 Å². The molecule has 2 saturated carbocycles. The molecule has 0 aromatic heterocycles. The van der Waals surface area contributed by atoms with Crippen LogP contribution in [0.25, 0.3) is 0 Å². The molecule has 3 nitrogen and oxygen atoms in total. The van der Waals surface area contributed by atoms with Gasteiger partial charge in [0.15, 0.2) is 5.78 Å². The minimum absolute atomic E-state index is 0.193. The summed E-state index contributed by atoms with van der Waals surface area (Å²) < 4.78 is 0. The van der Waals surface area contributed by atoms with Crippen molar-refractivity contribution >= 4 is 5.78 Å². The molecule has 0 amide bonds. The molecular weight excluding hydrogens is 238 g/mol. The summed E-state index contributed by atoms with van der Waals surface area (Å²) in [6.45, 7) is 4.02. The Bertz CT molecular complexity index is 467. The van der Waals surface area contributed by atoms with E-state index in [1.54, 1.807) is 0 Å². The molecule has 0 saturated heterocycles. The first-order chi connectivity index (χ1) is 8.85. The molecule has 4 atom stereocenters. The monoisotopic (exact) mass is 263 g/mol. The fourth-order valence-corrected chi connectivity index (χ4v) is 5.13. The molecule has 0 unspecified atom stereocenters. The highest BCUT2D eigenvalue weighted by Gasteiger charge is 2.68. The van der Waals surface area contributed by atoms with E-state index in [4.69, 9.17) is 0 Å². The lowest BCUT2D eigenvalue weighted by molar-refractivity contribution is -0.134. The van der Waals surface area contributed by atoms with Gasteiger partial charge in [-0.25, -0.2) is 0 Å². The second-order valence-electron chi connectivity index (χ2n) is 7.00. The van der Waals surface area contributed by atoms with E-state index in [0.29, 0.717) is 5.92 Å². The summed E-state index contributed by atoms with van der Waals surface area (Å²) in [5.74, 6) is 0.249. The molecule has 3 aliphatic carbocycles. The van der Waals surface area contributed by atoms with Crippen LogP contribution in [0.3, 0.4) is 0 Å². The number of ketones is 1. The zero-order chi connectivity index (χ0) is 14.0. The second-order valence-corrected chi connectivity index (χ2v) is 7.00. The number of carbonyl (C=O) groups excluding carboxylic acids is 1. The van der Waals surface area contributed by atoms with E-state index in [-0.39, 0.29) is 17.2 Å². The van der Waals surface area contributed by atoms with Gasteiger partial charge < -0.3 is 5.11 Å². The predicted molar refractivity (Wildman–Crippen MR) is 74.8 cm³/mol. The van der Waals surface area contributed by atoms with Crippen molar-refractivity contribution in [2.45, 2.75) is 57.1 Å². The summed E-state index contributed by atoms with van der Waals surface area (Å²) in [5, 5.41) is 11.2. The topological polar surface area (TPSA) is 40.5 Å². The van der Waals surface area contributed by atoms with Gasteiger partial charge in [-0.1, -0.05) is 12.8 Å². The van der Waals surface area contributed by atoms with Gasteiger partial charge in [0.05, 0.1) is 17.1 Å². The summed E-state index contributed by atoms with van der Waals surface area (Å²) in [4.78, 5) is 14.9. The first-order valence-corrected chi connectivity index (χ1v) is 7.47. The van der Waals surface area contributed by atoms with Crippen LogP contribution in [-0.2, 0) is 4.79 Å². The maximum Gasteiger partial charge on any atom is 0.166 e. The summed E-state index contributed by atoms with van der Waals surface area (Å²) in [6.07, 6.45) is 5.06. The molecule has 106 valence electrons. The van der Waals surface area contributed by atoms with E-state index < -0.39 is 5.60 Å². The lowest BCUT2D eigenvalue weighted by Crippen LogP contribution is -2.54. The van der Waals surface area contributed by atoms with E-state index in [1.165, 1.54) is 12.0 Å². The second kappa shape index (κ2) is 3.92. The minimum Gasteiger partial charge on any atom is -0.389 e. The van der Waals surface area contributed by atoms with Crippen molar-refractivity contribution < 1.29 is 9.90 Å². The zero-order valence-corrected chi connectivity index (χ0v) is 12.5. The van der Waals surface area contributed by atoms with Crippen LogP contribution in [0, 0.1) is 11.8 Å². The summed E-state index contributed by atoms with van der Waals surface area (Å²) in [5.41, 5.74) is 1.08. The number of aliphatic hydroxyl groups is 1. The van der Waals surface area contributed by atoms with Crippen LogP contribution in [-0.4, -0.2) is 41.0 Å². The fraction of sp³-hybridized carbons (Fsp3) is 0.812. The van der Waals surface area contributed by atoms with Crippen LogP contribution in [0.1, 0.15) is 46.0 Å².